The summed E-state index contributed by atoms with van der Waals surface area (Å²) in [6.07, 6.45) is 5.02. The molecule has 0 bridgehead atoms. The lowest BCUT2D eigenvalue weighted by atomic mass is 9.73. The average molecular weight is 424 g/mol. The lowest BCUT2D eigenvalue weighted by Gasteiger charge is -2.44. The normalized spacial score (nSPS) is 21.5. The molecule has 5 rings (SSSR count). The SMILES string of the molecule is Cc1ccc2c(c1)C1(CCN(CCOc3cnc(N4CC(C)(O)C4)nc3)CC1)C(=O)N2. The van der Waals surface area contributed by atoms with Gasteiger partial charge in [-0.3, -0.25) is 9.69 Å². The highest BCUT2D eigenvalue weighted by Crippen LogP contribution is 2.45. The number of hydrogen-bond acceptors (Lipinski definition) is 7. The third-order valence-corrected chi connectivity index (χ3v) is 6.72. The maximum absolute atomic E-state index is 12.8. The molecule has 3 aliphatic rings. The molecule has 8 heteroatoms. The van der Waals surface area contributed by atoms with Gasteiger partial charge in [-0.05, 0) is 51.4 Å². The fourth-order valence-corrected chi connectivity index (χ4v) is 4.94. The number of anilines is 2. The standard InChI is InChI=1S/C23H29N5O3/c1-16-3-4-19-18(11-16)23(20(29)26-19)5-7-27(8-6-23)9-10-31-17-12-24-21(25-13-17)28-14-22(2,30)15-28/h3-4,11-13,30H,5-10,14-15H2,1-2H3,(H,26,29). The van der Waals surface area contributed by atoms with Crippen LogP contribution in [0.3, 0.4) is 0 Å². The number of aryl methyl sites for hydroxylation is 1. The molecule has 164 valence electrons. The van der Waals surface area contributed by atoms with E-state index in [0.29, 0.717) is 31.4 Å². The second-order valence-corrected chi connectivity index (χ2v) is 9.35. The van der Waals surface area contributed by atoms with Crippen molar-refractivity contribution in [1.29, 1.82) is 0 Å². The molecule has 2 fully saturated rings. The summed E-state index contributed by atoms with van der Waals surface area (Å²) < 4.78 is 5.83. The van der Waals surface area contributed by atoms with Gasteiger partial charge in [0.25, 0.3) is 0 Å². The Bertz CT molecular complexity index is 975. The van der Waals surface area contributed by atoms with E-state index in [4.69, 9.17) is 4.74 Å². The predicted octanol–water partition coefficient (Wildman–Crippen LogP) is 1.72. The quantitative estimate of drug-likeness (QED) is 0.757. The average Bonchev–Trinajstić information content (AvgIpc) is 2.99. The molecule has 1 spiro atoms. The van der Waals surface area contributed by atoms with E-state index in [1.165, 1.54) is 5.56 Å². The highest BCUT2D eigenvalue weighted by atomic mass is 16.5. The lowest BCUT2D eigenvalue weighted by molar-refractivity contribution is -0.122. The van der Waals surface area contributed by atoms with Crippen LogP contribution in [0, 0.1) is 6.92 Å². The summed E-state index contributed by atoms with van der Waals surface area (Å²) in [4.78, 5) is 25.7. The number of benzene rings is 1. The minimum atomic E-state index is -0.647. The smallest absolute Gasteiger partial charge is 0.235 e. The number of β-amino-alcohol motifs (C(OH)–C–C–N with tert-alkyl or cyclic N) is 1. The third kappa shape index (κ3) is 3.74. The molecule has 1 aromatic heterocycles. The zero-order valence-electron chi connectivity index (χ0n) is 18.1. The maximum Gasteiger partial charge on any atom is 0.235 e. The highest BCUT2D eigenvalue weighted by Gasteiger charge is 2.48. The zero-order chi connectivity index (χ0) is 21.6. The Labute approximate surface area is 182 Å². The van der Waals surface area contributed by atoms with Crippen LogP contribution in [0.15, 0.2) is 30.6 Å². The molecule has 0 unspecified atom stereocenters. The zero-order valence-corrected chi connectivity index (χ0v) is 18.1. The summed E-state index contributed by atoms with van der Waals surface area (Å²) in [5, 5.41) is 12.9. The summed E-state index contributed by atoms with van der Waals surface area (Å²) >= 11 is 0. The van der Waals surface area contributed by atoms with E-state index in [9.17, 15) is 9.90 Å². The van der Waals surface area contributed by atoms with Crippen molar-refractivity contribution >= 4 is 17.5 Å². The van der Waals surface area contributed by atoms with Crippen LogP contribution < -0.4 is 15.0 Å². The Kier molecular flexibility index (Phi) is 4.86. The second-order valence-electron chi connectivity index (χ2n) is 9.35. The number of aromatic nitrogens is 2. The van der Waals surface area contributed by atoms with Crippen molar-refractivity contribution in [3.63, 3.8) is 0 Å². The van der Waals surface area contributed by atoms with Crippen molar-refractivity contribution in [2.45, 2.75) is 37.7 Å². The van der Waals surface area contributed by atoms with Gasteiger partial charge in [-0.15, -0.1) is 0 Å². The molecule has 4 heterocycles. The predicted molar refractivity (Wildman–Crippen MR) is 118 cm³/mol. The van der Waals surface area contributed by atoms with Gasteiger partial charge in [-0.25, -0.2) is 9.97 Å². The van der Waals surface area contributed by atoms with Gasteiger partial charge < -0.3 is 20.1 Å². The first-order chi connectivity index (χ1) is 14.8. The third-order valence-electron chi connectivity index (χ3n) is 6.72. The van der Waals surface area contributed by atoms with Gasteiger partial charge in [0.05, 0.1) is 36.5 Å². The molecule has 2 saturated heterocycles. The number of nitrogens with one attached hydrogen (secondary N) is 1. The summed E-state index contributed by atoms with van der Waals surface area (Å²) in [6, 6.07) is 6.24. The number of piperidine rings is 1. The first-order valence-corrected chi connectivity index (χ1v) is 10.9. The van der Waals surface area contributed by atoms with Gasteiger partial charge in [0.1, 0.15) is 6.61 Å². The first kappa shape index (κ1) is 20.2. The number of carbonyl (C=O) groups is 1. The first-order valence-electron chi connectivity index (χ1n) is 10.9. The Morgan fingerprint density at radius 3 is 2.58 bits per heavy atom. The van der Waals surface area contributed by atoms with Crippen molar-refractivity contribution < 1.29 is 14.6 Å². The molecule has 0 atom stereocenters. The van der Waals surface area contributed by atoms with Crippen molar-refractivity contribution in [2.75, 3.05) is 49.5 Å². The molecule has 1 amide bonds. The van der Waals surface area contributed by atoms with Crippen LogP contribution in [-0.4, -0.2) is 70.8 Å². The fourth-order valence-electron chi connectivity index (χ4n) is 4.94. The Balaban J connectivity index is 1.11. The van der Waals surface area contributed by atoms with Crippen molar-refractivity contribution in [1.82, 2.24) is 14.9 Å². The van der Waals surface area contributed by atoms with E-state index in [1.54, 1.807) is 12.4 Å². The number of ether oxygens (including phenoxy) is 1. The van der Waals surface area contributed by atoms with E-state index in [-0.39, 0.29) is 11.3 Å². The number of hydrogen-bond donors (Lipinski definition) is 2. The number of likely N-dealkylation sites (tertiary alicyclic amines) is 1. The fraction of sp³-hybridized carbons (Fsp3) is 0.522. The molecule has 0 radical (unpaired) electrons. The Hall–Kier alpha value is -2.71. The van der Waals surface area contributed by atoms with E-state index < -0.39 is 5.60 Å². The molecule has 2 N–H and O–H groups in total. The van der Waals surface area contributed by atoms with Gasteiger partial charge in [0.15, 0.2) is 5.75 Å². The molecule has 31 heavy (non-hydrogen) atoms. The van der Waals surface area contributed by atoms with Gasteiger partial charge in [0, 0.05) is 12.2 Å². The van der Waals surface area contributed by atoms with Crippen LogP contribution >= 0.6 is 0 Å². The van der Waals surface area contributed by atoms with Gasteiger partial charge in [-0.2, -0.15) is 0 Å². The minimum absolute atomic E-state index is 0.143. The lowest BCUT2D eigenvalue weighted by Crippen LogP contribution is -2.60. The summed E-state index contributed by atoms with van der Waals surface area (Å²) in [5.41, 5.74) is 2.29. The number of amides is 1. The number of rotatable bonds is 5. The molecule has 0 saturated carbocycles. The molecule has 1 aromatic carbocycles. The van der Waals surface area contributed by atoms with Crippen molar-refractivity contribution in [3.8, 4) is 5.75 Å². The van der Waals surface area contributed by atoms with Crippen LogP contribution in [0.1, 0.15) is 30.9 Å². The number of aliphatic hydroxyl groups is 1. The monoisotopic (exact) mass is 423 g/mol. The summed E-state index contributed by atoms with van der Waals surface area (Å²) in [7, 11) is 0. The van der Waals surface area contributed by atoms with Gasteiger partial charge in [-0.1, -0.05) is 17.7 Å². The molecular weight excluding hydrogens is 394 g/mol. The van der Waals surface area contributed by atoms with Crippen LogP contribution in [0.4, 0.5) is 11.6 Å². The number of fused-ring (bicyclic) bond motifs is 2. The molecule has 2 aromatic rings. The molecule has 8 nitrogen and oxygen atoms in total. The number of nitrogens with zero attached hydrogens (tertiary/aromatic N) is 4. The van der Waals surface area contributed by atoms with Gasteiger partial charge in [0.2, 0.25) is 11.9 Å². The van der Waals surface area contributed by atoms with Gasteiger partial charge >= 0.3 is 0 Å². The summed E-state index contributed by atoms with van der Waals surface area (Å²) in [5.74, 6) is 1.40. The molecular formula is C23H29N5O3. The van der Waals surface area contributed by atoms with Crippen LogP contribution in [-0.2, 0) is 10.2 Å². The van der Waals surface area contributed by atoms with E-state index in [2.05, 4.69) is 33.2 Å². The van der Waals surface area contributed by atoms with Crippen molar-refractivity contribution in [2.24, 2.45) is 0 Å². The van der Waals surface area contributed by atoms with E-state index in [0.717, 1.165) is 43.7 Å². The molecule has 3 aliphatic heterocycles. The Morgan fingerprint density at radius 2 is 1.90 bits per heavy atom. The highest BCUT2D eigenvalue weighted by molar-refractivity contribution is 6.06. The van der Waals surface area contributed by atoms with Crippen LogP contribution in [0.5, 0.6) is 5.75 Å². The minimum Gasteiger partial charge on any atom is -0.489 e. The van der Waals surface area contributed by atoms with Crippen LogP contribution in [0.2, 0.25) is 0 Å². The van der Waals surface area contributed by atoms with E-state index >= 15 is 0 Å². The Morgan fingerprint density at radius 1 is 1.19 bits per heavy atom. The largest absolute Gasteiger partial charge is 0.489 e. The van der Waals surface area contributed by atoms with Crippen LogP contribution in [0.25, 0.3) is 0 Å². The topological polar surface area (TPSA) is 90.8 Å². The molecule has 0 aliphatic carbocycles. The summed E-state index contributed by atoms with van der Waals surface area (Å²) in [6.45, 7) is 8.07. The second kappa shape index (κ2) is 7.46. The number of carbonyl (C=O) groups excluding carboxylic acids is 1. The van der Waals surface area contributed by atoms with E-state index in [1.807, 2.05) is 24.0 Å². The van der Waals surface area contributed by atoms with Crippen molar-refractivity contribution in [3.05, 3.63) is 41.7 Å². The maximum atomic E-state index is 12.8.